The molecule has 0 radical (unpaired) electrons. The Kier molecular flexibility index (Phi) is 6.00. The third-order valence-electron chi connectivity index (χ3n) is 4.75. The number of hydrogen-bond donors (Lipinski definition) is 2. The quantitative estimate of drug-likeness (QED) is 0.659. The first-order valence-corrected chi connectivity index (χ1v) is 12.1. The van der Waals surface area contributed by atoms with Crippen LogP contribution in [0, 0.1) is 6.92 Å². The van der Waals surface area contributed by atoms with E-state index in [-0.39, 0.29) is 20.0 Å². The second-order valence-corrected chi connectivity index (χ2v) is 11.7. The number of benzene rings is 1. The van der Waals surface area contributed by atoms with Gasteiger partial charge in [0.1, 0.15) is 15.7 Å². The molecule has 2 aromatic rings. The van der Waals surface area contributed by atoms with Crippen LogP contribution in [0.3, 0.4) is 0 Å². The molecule has 12 heteroatoms. The Hall–Kier alpha value is -1.27. The molecule has 1 saturated heterocycles. The molecule has 0 spiro atoms. The van der Waals surface area contributed by atoms with E-state index in [4.69, 9.17) is 23.2 Å². The van der Waals surface area contributed by atoms with Crippen molar-refractivity contribution in [2.24, 2.45) is 0 Å². The highest BCUT2D eigenvalue weighted by atomic mass is 35.5. The second kappa shape index (κ2) is 7.77. The van der Waals surface area contributed by atoms with Gasteiger partial charge in [0.2, 0.25) is 19.9 Å². The third-order valence-corrected chi connectivity index (χ3v) is 9.45. The maximum atomic E-state index is 13.0. The number of halogens is 2. The van der Waals surface area contributed by atoms with Crippen molar-refractivity contribution in [1.82, 2.24) is 9.29 Å². The Morgan fingerprint density at radius 3 is 2.45 bits per heavy atom. The molecule has 2 atom stereocenters. The minimum atomic E-state index is -4.26. The van der Waals surface area contributed by atoms with Gasteiger partial charge in [-0.2, -0.15) is 4.31 Å². The lowest BCUT2D eigenvalue weighted by Gasteiger charge is -2.26. The van der Waals surface area contributed by atoms with Gasteiger partial charge in [0.15, 0.2) is 5.03 Å². The van der Waals surface area contributed by atoms with E-state index in [2.05, 4.69) is 4.98 Å². The fourth-order valence-electron chi connectivity index (χ4n) is 3.14. The number of aryl methyl sites for hydroxylation is 1. The molecule has 1 aliphatic rings. The van der Waals surface area contributed by atoms with Gasteiger partial charge in [0, 0.05) is 24.3 Å². The number of β-amino-alcohol motifs (C(OH)–C–C–N with tert-alkyl or cyclic N) is 1. The second-order valence-electron chi connectivity index (χ2n) is 6.84. The van der Waals surface area contributed by atoms with Gasteiger partial charge in [-0.3, -0.25) is 0 Å². The molecule has 1 aliphatic heterocycles. The van der Waals surface area contributed by atoms with Crippen LogP contribution in [0.5, 0.6) is 0 Å². The van der Waals surface area contributed by atoms with Crippen LogP contribution in [-0.2, 0) is 19.9 Å². The molecular formula is C17H18Cl2N2O6S2. The predicted molar refractivity (Wildman–Crippen MR) is 107 cm³/mol. The summed E-state index contributed by atoms with van der Waals surface area (Å²) < 4.78 is 52.9. The average molecular weight is 481 g/mol. The van der Waals surface area contributed by atoms with E-state index in [1.54, 1.807) is 6.92 Å². The van der Waals surface area contributed by atoms with Gasteiger partial charge >= 0.3 is 0 Å². The van der Waals surface area contributed by atoms with Crippen LogP contribution in [0.1, 0.15) is 5.56 Å². The van der Waals surface area contributed by atoms with E-state index >= 15 is 0 Å². The summed E-state index contributed by atoms with van der Waals surface area (Å²) in [6.45, 7) is -0.424. The molecule has 0 saturated carbocycles. The molecule has 3 rings (SSSR count). The van der Waals surface area contributed by atoms with E-state index in [1.165, 1.54) is 36.5 Å². The van der Waals surface area contributed by atoms with Crippen LogP contribution in [0.15, 0.2) is 46.5 Å². The van der Waals surface area contributed by atoms with E-state index in [0.717, 1.165) is 9.87 Å². The lowest BCUT2D eigenvalue weighted by molar-refractivity contribution is 0.00156. The maximum Gasteiger partial charge on any atom is 0.244 e. The maximum absolute atomic E-state index is 13.0. The zero-order valence-corrected chi connectivity index (χ0v) is 18.3. The normalized spacial score (nSPS) is 23.4. The SMILES string of the molecule is Cc1ccc(S(=O)(=O)[C@H]2CN(S(=O)(=O)c3ccc(Cl)cc3Cl)C[C@@]2(O)CO)nc1. The Bertz CT molecular complexity index is 1140. The molecule has 2 heterocycles. The number of aromatic nitrogens is 1. The monoisotopic (exact) mass is 480 g/mol. The number of aliphatic hydroxyl groups is 2. The Morgan fingerprint density at radius 1 is 1.21 bits per heavy atom. The number of sulfone groups is 1. The summed E-state index contributed by atoms with van der Waals surface area (Å²) in [5.41, 5.74) is -1.48. The summed E-state index contributed by atoms with van der Waals surface area (Å²) in [4.78, 5) is 3.60. The number of rotatable bonds is 5. The Labute approximate surface area is 178 Å². The Morgan fingerprint density at radius 2 is 1.90 bits per heavy atom. The standard InChI is InChI=1S/C17H18Cl2N2O6S2/c1-11-2-5-16(20-7-11)28(24,25)15-8-21(9-17(15,23)10-22)29(26,27)14-4-3-12(18)6-13(14)19/h2-7,15,22-23H,8-10H2,1H3/t15-,17+/m0/s1. The van der Waals surface area contributed by atoms with Crippen molar-refractivity contribution in [1.29, 1.82) is 0 Å². The number of sulfonamides is 1. The molecule has 29 heavy (non-hydrogen) atoms. The van der Waals surface area contributed by atoms with Crippen molar-refractivity contribution in [3.8, 4) is 0 Å². The zero-order chi connectivity index (χ0) is 21.6. The Balaban J connectivity index is 2.03. The number of aliphatic hydroxyl groups excluding tert-OH is 1. The van der Waals surface area contributed by atoms with E-state index in [0.29, 0.717) is 0 Å². The van der Waals surface area contributed by atoms with Gasteiger partial charge in [-0.05, 0) is 36.8 Å². The highest BCUT2D eigenvalue weighted by molar-refractivity contribution is 7.92. The lowest BCUT2D eigenvalue weighted by Crippen LogP contribution is -2.49. The molecule has 1 aromatic carbocycles. The molecule has 0 bridgehead atoms. The summed E-state index contributed by atoms with van der Waals surface area (Å²) in [7, 11) is -8.51. The number of hydrogen-bond acceptors (Lipinski definition) is 7. The summed E-state index contributed by atoms with van der Waals surface area (Å²) in [6.07, 6.45) is 1.35. The minimum Gasteiger partial charge on any atom is -0.393 e. The predicted octanol–water partition coefficient (Wildman–Crippen LogP) is 1.27. The molecule has 158 valence electrons. The van der Waals surface area contributed by atoms with Gasteiger partial charge in [-0.15, -0.1) is 0 Å². The molecule has 8 nitrogen and oxygen atoms in total. The van der Waals surface area contributed by atoms with E-state index < -0.39 is 50.4 Å². The van der Waals surface area contributed by atoms with Gasteiger partial charge < -0.3 is 10.2 Å². The molecule has 0 aliphatic carbocycles. The van der Waals surface area contributed by atoms with E-state index in [1.807, 2.05) is 0 Å². The topological polar surface area (TPSA) is 125 Å². The van der Waals surface area contributed by atoms with Crippen LogP contribution in [-0.4, -0.2) is 66.9 Å². The molecule has 2 N–H and O–H groups in total. The first kappa shape index (κ1) is 22.4. The van der Waals surface area contributed by atoms with Crippen LogP contribution in [0.25, 0.3) is 0 Å². The lowest BCUT2D eigenvalue weighted by atomic mass is 10.1. The molecule has 0 unspecified atom stereocenters. The van der Waals surface area contributed by atoms with Crippen molar-refractivity contribution in [3.63, 3.8) is 0 Å². The fourth-order valence-corrected chi connectivity index (χ4v) is 7.35. The zero-order valence-electron chi connectivity index (χ0n) is 15.2. The van der Waals surface area contributed by atoms with Crippen LogP contribution in [0.2, 0.25) is 10.0 Å². The van der Waals surface area contributed by atoms with Gasteiger partial charge in [-0.25, -0.2) is 21.8 Å². The van der Waals surface area contributed by atoms with Gasteiger partial charge in [0.25, 0.3) is 0 Å². The van der Waals surface area contributed by atoms with E-state index in [9.17, 15) is 27.0 Å². The smallest absolute Gasteiger partial charge is 0.244 e. The molecular weight excluding hydrogens is 463 g/mol. The van der Waals surface area contributed by atoms with Gasteiger partial charge in [0.05, 0.1) is 11.6 Å². The number of pyridine rings is 1. The summed E-state index contributed by atoms with van der Waals surface area (Å²) in [5.74, 6) is 0. The van der Waals surface area contributed by atoms with Crippen molar-refractivity contribution in [3.05, 3.63) is 52.1 Å². The largest absolute Gasteiger partial charge is 0.393 e. The van der Waals surface area contributed by atoms with Crippen molar-refractivity contribution < 1.29 is 27.0 Å². The average Bonchev–Trinajstić information content (AvgIpc) is 3.02. The van der Waals surface area contributed by atoms with Crippen molar-refractivity contribution in [2.75, 3.05) is 19.7 Å². The van der Waals surface area contributed by atoms with Crippen molar-refractivity contribution in [2.45, 2.75) is 27.7 Å². The number of nitrogens with zero attached hydrogens (tertiary/aromatic N) is 2. The van der Waals surface area contributed by atoms with Crippen molar-refractivity contribution >= 4 is 43.1 Å². The van der Waals surface area contributed by atoms with Crippen LogP contribution < -0.4 is 0 Å². The molecule has 1 aromatic heterocycles. The molecule has 0 amide bonds. The van der Waals surface area contributed by atoms with Crippen LogP contribution >= 0.6 is 23.2 Å². The minimum absolute atomic E-state index is 0.142. The highest BCUT2D eigenvalue weighted by Crippen LogP contribution is 2.36. The van der Waals surface area contributed by atoms with Gasteiger partial charge in [-0.1, -0.05) is 29.3 Å². The fraction of sp³-hybridized carbons (Fsp3) is 0.353. The first-order chi connectivity index (χ1) is 13.4. The summed E-state index contributed by atoms with van der Waals surface area (Å²) in [5, 5.41) is 18.6. The summed E-state index contributed by atoms with van der Waals surface area (Å²) >= 11 is 11.8. The molecule has 1 fully saturated rings. The third kappa shape index (κ3) is 4.02. The van der Waals surface area contributed by atoms with Crippen LogP contribution in [0.4, 0.5) is 0 Å². The summed E-state index contributed by atoms with van der Waals surface area (Å²) in [6, 6.07) is 6.58. The highest BCUT2D eigenvalue weighted by Gasteiger charge is 2.55. The first-order valence-electron chi connectivity index (χ1n) is 8.37.